The summed E-state index contributed by atoms with van der Waals surface area (Å²) in [6.45, 7) is 1.26. The van der Waals surface area contributed by atoms with E-state index in [-0.39, 0.29) is 0 Å². The van der Waals surface area contributed by atoms with Crippen LogP contribution in [0.15, 0.2) is 16.3 Å². The molecule has 102 valence electrons. The molecule has 1 heterocycles. The maximum Gasteiger partial charge on any atom is 0.250 e. The highest BCUT2D eigenvalue weighted by atomic mass is 32.2. The number of thioether (sulfide) groups is 1. The summed E-state index contributed by atoms with van der Waals surface area (Å²) in [6, 6.07) is 4.23. The molecule has 0 atom stereocenters. The summed E-state index contributed by atoms with van der Waals surface area (Å²) >= 11 is 2.98. The van der Waals surface area contributed by atoms with Gasteiger partial charge in [-0.05, 0) is 31.2 Å². The Bertz CT molecular complexity index is 480. The van der Waals surface area contributed by atoms with Crippen LogP contribution < -0.4 is 10.0 Å². The SMILES string of the molecule is CSCCNS(=O)(=O)c1ccc(CNC2CC2)s1. The van der Waals surface area contributed by atoms with Gasteiger partial charge in [0.05, 0.1) is 0 Å². The predicted octanol–water partition coefficient (Wildman–Crippen LogP) is 1.64. The molecular weight excluding hydrogens is 288 g/mol. The van der Waals surface area contributed by atoms with Crippen LogP contribution in [0, 0.1) is 0 Å². The van der Waals surface area contributed by atoms with E-state index in [0.29, 0.717) is 16.8 Å². The van der Waals surface area contributed by atoms with Crippen molar-refractivity contribution in [2.75, 3.05) is 18.6 Å². The third kappa shape index (κ3) is 4.24. The van der Waals surface area contributed by atoms with Gasteiger partial charge >= 0.3 is 0 Å². The van der Waals surface area contributed by atoms with Crippen molar-refractivity contribution in [3.63, 3.8) is 0 Å². The van der Waals surface area contributed by atoms with Gasteiger partial charge in [-0.2, -0.15) is 11.8 Å². The van der Waals surface area contributed by atoms with Crippen molar-refractivity contribution >= 4 is 33.1 Å². The van der Waals surface area contributed by atoms with Gasteiger partial charge in [0.25, 0.3) is 0 Å². The van der Waals surface area contributed by atoms with Crippen LogP contribution in [0.2, 0.25) is 0 Å². The molecule has 0 aromatic carbocycles. The molecule has 2 N–H and O–H groups in total. The largest absolute Gasteiger partial charge is 0.309 e. The van der Waals surface area contributed by atoms with E-state index in [1.807, 2.05) is 12.3 Å². The molecule has 0 radical (unpaired) electrons. The second kappa shape index (κ2) is 6.38. The standard InChI is InChI=1S/C11H18N2O2S3/c1-16-7-6-13-18(14,15)11-5-4-10(17-11)8-12-9-2-3-9/h4-5,9,12-13H,2-3,6-8H2,1H3. The van der Waals surface area contributed by atoms with E-state index in [2.05, 4.69) is 10.0 Å². The summed E-state index contributed by atoms with van der Waals surface area (Å²) in [4.78, 5) is 1.08. The van der Waals surface area contributed by atoms with Crippen LogP contribution in [0.1, 0.15) is 17.7 Å². The van der Waals surface area contributed by atoms with Crippen LogP contribution in [-0.2, 0) is 16.6 Å². The second-order valence-corrected chi connectivity index (χ2v) is 8.41. The third-order valence-electron chi connectivity index (χ3n) is 2.64. The number of nitrogens with one attached hydrogen (secondary N) is 2. The fourth-order valence-corrected chi connectivity index (χ4v) is 4.30. The van der Waals surface area contributed by atoms with E-state index in [9.17, 15) is 8.42 Å². The van der Waals surface area contributed by atoms with Gasteiger partial charge in [0, 0.05) is 29.8 Å². The zero-order valence-corrected chi connectivity index (χ0v) is 12.8. The Hall–Kier alpha value is -0.0800. The van der Waals surface area contributed by atoms with Crippen LogP contribution >= 0.6 is 23.1 Å². The minimum absolute atomic E-state index is 0.413. The molecule has 2 rings (SSSR count). The lowest BCUT2D eigenvalue weighted by Gasteiger charge is -2.03. The molecule has 1 aromatic heterocycles. The first kappa shape index (κ1) is 14.3. The highest BCUT2D eigenvalue weighted by molar-refractivity contribution is 7.98. The molecule has 1 aliphatic carbocycles. The van der Waals surface area contributed by atoms with Crippen molar-refractivity contribution in [1.29, 1.82) is 0 Å². The van der Waals surface area contributed by atoms with Crippen LogP contribution in [0.5, 0.6) is 0 Å². The molecule has 1 aromatic rings. The van der Waals surface area contributed by atoms with E-state index in [4.69, 9.17) is 0 Å². The van der Waals surface area contributed by atoms with Gasteiger partial charge in [-0.15, -0.1) is 11.3 Å². The average molecular weight is 306 g/mol. The van der Waals surface area contributed by atoms with Crippen molar-refractivity contribution in [3.05, 3.63) is 17.0 Å². The minimum Gasteiger partial charge on any atom is -0.309 e. The van der Waals surface area contributed by atoms with E-state index >= 15 is 0 Å². The summed E-state index contributed by atoms with van der Waals surface area (Å²) in [5.74, 6) is 0.792. The number of thiophene rings is 1. The zero-order chi connectivity index (χ0) is 13.0. The van der Waals surface area contributed by atoms with Crippen molar-refractivity contribution < 1.29 is 8.42 Å². The Balaban J connectivity index is 1.90. The van der Waals surface area contributed by atoms with Crippen molar-refractivity contribution in [1.82, 2.24) is 10.0 Å². The van der Waals surface area contributed by atoms with E-state index < -0.39 is 10.0 Å². The minimum atomic E-state index is -3.31. The Labute approximate surface area is 117 Å². The third-order valence-corrected chi connectivity index (χ3v) is 6.29. The Morgan fingerprint density at radius 2 is 2.22 bits per heavy atom. The van der Waals surface area contributed by atoms with Gasteiger partial charge < -0.3 is 5.32 Å². The lowest BCUT2D eigenvalue weighted by Crippen LogP contribution is -2.25. The molecule has 1 fully saturated rings. The lowest BCUT2D eigenvalue weighted by atomic mass is 10.4. The average Bonchev–Trinajstić information content (AvgIpc) is 3.03. The molecule has 0 unspecified atom stereocenters. The van der Waals surface area contributed by atoms with E-state index in [1.54, 1.807) is 17.8 Å². The maximum atomic E-state index is 11.9. The van der Waals surface area contributed by atoms with E-state index in [1.165, 1.54) is 24.2 Å². The van der Waals surface area contributed by atoms with E-state index in [0.717, 1.165) is 17.2 Å². The fourth-order valence-electron chi connectivity index (χ4n) is 1.48. The number of rotatable bonds is 8. The summed E-state index contributed by atoms with van der Waals surface area (Å²) < 4.78 is 26.9. The number of sulfonamides is 1. The van der Waals surface area contributed by atoms with Crippen LogP contribution in [0.4, 0.5) is 0 Å². The quantitative estimate of drug-likeness (QED) is 0.717. The Kier molecular flexibility index (Phi) is 5.08. The molecule has 0 aliphatic heterocycles. The highest BCUT2D eigenvalue weighted by Crippen LogP contribution is 2.24. The molecule has 7 heteroatoms. The first-order chi connectivity index (χ1) is 8.62. The molecule has 1 saturated carbocycles. The van der Waals surface area contributed by atoms with Gasteiger partial charge in [0.15, 0.2) is 0 Å². The summed E-state index contributed by atoms with van der Waals surface area (Å²) in [5, 5.41) is 3.38. The zero-order valence-electron chi connectivity index (χ0n) is 10.3. The van der Waals surface area contributed by atoms with Crippen LogP contribution in [-0.4, -0.2) is 33.0 Å². The van der Waals surface area contributed by atoms with Crippen LogP contribution in [0.3, 0.4) is 0 Å². The number of hydrogen-bond donors (Lipinski definition) is 2. The lowest BCUT2D eigenvalue weighted by molar-refractivity contribution is 0.586. The maximum absolute atomic E-state index is 11.9. The first-order valence-electron chi connectivity index (χ1n) is 5.92. The summed E-state index contributed by atoms with van der Waals surface area (Å²) in [6.07, 6.45) is 4.45. The Morgan fingerprint density at radius 1 is 1.44 bits per heavy atom. The number of hydrogen-bond acceptors (Lipinski definition) is 5. The van der Waals surface area contributed by atoms with Gasteiger partial charge in [0.2, 0.25) is 10.0 Å². The van der Waals surface area contributed by atoms with Crippen LogP contribution in [0.25, 0.3) is 0 Å². The van der Waals surface area contributed by atoms with Gasteiger partial charge in [0.1, 0.15) is 4.21 Å². The van der Waals surface area contributed by atoms with Crippen molar-refractivity contribution in [2.24, 2.45) is 0 Å². The van der Waals surface area contributed by atoms with Gasteiger partial charge in [-0.1, -0.05) is 0 Å². The monoisotopic (exact) mass is 306 g/mol. The molecule has 18 heavy (non-hydrogen) atoms. The van der Waals surface area contributed by atoms with Crippen molar-refractivity contribution in [2.45, 2.75) is 29.6 Å². The normalized spacial score (nSPS) is 16.1. The first-order valence-corrected chi connectivity index (χ1v) is 9.62. The highest BCUT2D eigenvalue weighted by Gasteiger charge is 2.21. The molecule has 0 bridgehead atoms. The van der Waals surface area contributed by atoms with Crippen molar-refractivity contribution in [3.8, 4) is 0 Å². The predicted molar refractivity (Wildman–Crippen MR) is 77.8 cm³/mol. The van der Waals surface area contributed by atoms with Gasteiger partial charge in [-0.25, -0.2) is 13.1 Å². The molecule has 0 saturated heterocycles. The fraction of sp³-hybridized carbons (Fsp3) is 0.636. The topological polar surface area (TPSA) is 58.2 Å². The van der Waals surface area contributed by atoms with Gasteiger partial charge in [-0.3, -0.25) is 0 Å². The second-order valence-electron chi connectivity index (χ2n) is 4.27. The molecule has 1 aliphatic rings. The summed E-state index contributed by atoms with van der Waals surface area (Å²) in [5.41, 5.74) is 0. The summed E-state index contributed by atoms with van der Waals surface area (Å²) in [7, 11) is -3.31. The smallest absolute Gasteiger partial charge is 0.250 e. The Morgan fingerprint density at radius 3 is 2.89 bits per heavy atom. The molecule has 0 spiro atoms. The molecule has 4 nitrogen and oxygen atoms in total. The molecular formula is C11H18N2O2S3. The molecule has 0 amide bonds.